The molecule has 146 valence electrons. The summed E-state index contributed by atoms with van der Waals surface area (Å²) in [5.74, 6) is 3.24. The van der Waals surface area contributed by atoms with Crippen molar-refractivity contribution in [2.75, 3.05) is 36.0 Å². The van der Waals surface area contributed by atoms with Gasteiger partial charge in [-0.1, -0.05) is 6.92 Å². The number of fused-ring (bicyclic) bond motifs is 1. The minimum Gasteiger partial charge on any atom is -0.391 e. The number of anilines is 2. The number of β-amino-alcohol motifs (C(OH)–C–C–N with tert-alkyl or cyclic N) is 1. The van der Waals surface area contributed by atoms with Gasteiger partial charge < -0.3 is 14.9 Å². The predicted molar refractivity (Wildman–Crippen MR) is 110 cm³/mol. The van der Waals surface area contributed by atoms with Crippen LogP contribution < -0.4 is 9.80 Å². The Labute approximate surface area is 164 Å². The van der Waals surface area contributed by atoms with Crippen LogP contribution in [-0.4, -0.2) is 57.1 Å². The predicted octanol–water partition coefficient (Wildman–Crippen LogP) is 2.46. The van der Waals surface area contributed by atoms with E-state index in [2.05, 4.69) is 50.8 Å². The van der Waals surface area contributed by atoms with Gasteiger partial charge in [0, 0.05) is 43.3 Å². The van der Waals surface area contributed by atoms with Crippen molar-refractivity contribution in [3.63, 3.8) is 0 Å². The van der Waals surface area contributed by atoms with Crippen LogP contribution in [0.1, 0.15) is 24.7 Å². The van der Waals surface area contributed by atoms with Gasteiger partial charge in [0.05, 0.1) is 17.8 Å². The Morgan fingerprint density at radius 1 is 1.00 bits per heavy atom. The number of nitrogens with zero attached hydrogens (tertiary/aromatic N) is 6. The molecule has 5 rings (SSSR count). The molecule has 1 atom stereocenters. The van der Waals surface area contributed by atoms with Gasteiger partial charge in [-0.2, -0.15) is 5.10 Å². The summed E-state index contributed by atoms with van der Waals surface area (Å²) in [7, 11) is 0. The van der Waals surface area contributed by atoms with Crippen LogP contribution in [0.4, 0.5) is 11.5 Å². The van der Waals surface area contributed by atoms with E-state index in [9.17, 15) is 5.11 Å². The third-order valence-corrected chi connectivity index (χ3v) is 5.81. The first-order valence-electron chi connectivity index (χ1n) is 10.0. The summed E-state index contributed by atoms with van der Waals surface area (Å²) in [6, 6.07) is 6.38. The van der Waals surface area contributed by atoms with Gasteiger partial charge in [0.2, 0.25) is 0 Å². The first kappa shape index (κ1) is 17.4. The van der Waals surface area contributed by atoms with E-state index in [4.69, 9.17) is 0 Å². The number of benzene rings is 1. The number of aliphatic hydroxyl groups excluding tert-OH is 1. The van der Waals surface area contributed by atoms with E-state index < -0.39 is 0 Å². The first-order valence-corrected chi connectivity index (χ1v) is 10.0. The Bertz CT molecular complexity index is 1040. The number of aromatic nitrogens is 4. The smallest absolute Gasteiger partial charge is 0.159 e. The second-order valence-electron chi connectivity index (χ2n) is 8.28. The average molecular weight is 378 g/mol. The van der Waals surface area contributed by atoms with Crippen LogP contribution in [0, 0.1) is 19.8 Å². The summed E-state index contributed by atoms with van der Waals surface area (Å²) in [6.07, 6.45) is 2.47. The zero-order chi connectivity index (χ0) is 19.4. The molecule has 7 heteroatoms. The number of rotatable bonds is 3. The number of hydrogen-bond donors (Lipinski definition) is 1. The maximum atomic E-state index is 9.94. The summed E-state index contributed by atoms with van der Waals surface area (Å²) in [5, 5.41) is 15.7. The number of aliphatic hydroxyl groups is 1. The van der Waals surface area contributed by atoms with Gasteiger partial charge in [-0.15, -0.1) is 0 Å². The Morgan fingerprint density at radius 3 is 2.50 bits per heavy atom. The molecule has 2 aliphatic rings. The zero-order valence-electron chi connectivity index (χ0n) is 16.6. The van der Waals surface area contributed by atoms with Crippen molar-refractivity contribution in [3.05, 3.63) is 35.8 Å². The lowest BCUT2D eigenvalue weighted by Crippen LogP contribution is -2.45. The third-order valence-electron chi connectivity index (χ3n) is 5.81. The molecule has 1 aromatic carbocycles. The Hall–Kier alpha value is -2.67. The molecule has 0 unspecified atom stereocenters. The van der Waals surface area contributed by atoms with E-state index in [1.165, 1.54) is 5.56 Å². The second-order valence-corrected chi connectivity index (χ2v) is 8.28. The van der Waals surface area contributed by atoms with Crippen LogP contribution in [0.25, 0.3) is 16.7 Å². The molecular weight excluding hydrogens is 352 g/mol. The molecular formula is C21H26N6O. The van der Waals surface area contributed by atoms with Crippen molar-refractivity contribution in [3.8, 4) is 5.82 Å². The third kappa shape index (κ3) is 2.90. The van der Waals surface area contributed by atoms with Crippen molar-refractivity contribution in [1.82, 2.24) is 19.7 Å². The van der Waals surface area contributed by atoms with E-state index in [0.717, 1.165) is 60.1 Å². The first-order chi connectivity index (χ1) is 13.5. The van der Waals surface area contributed by atoms with Gasteiger partial charge in [0.1, 0.15) is 11.6 Å². The minimum atomic E-state index is -0.244. The monoisotopic (exact) mass is 378 g/mol. The molecule has 2 aromatic heterocycles. The Balaban J connectivity index is 1.58. The van der Waals surface area contributed by atoms with Crippen LogP contribution >= 0.6 is 0 Å². The molecule has 0 bridgehead atoms. The fourth-order valence-electron chi connectivity index (χ4n) is 4.35. The van der Waals surface area contributed by atoms with Gasteiger partial charge in [0.15, 0.2) is 5.82 Å². The van der Waals surface area contributed by atoms with Crippen molar-refractivity contribution in [2.24, 2.45) is 5.92 Å². The van der Waals surface area contributed by atoms with E-state index in [1.54, 1.807) is 0 Å². The SMILES string of the molecule is Cc1nc(N2CC(C)C2)cc(-n2ncc3cc(C)c(N4CC[C@@H](O)C4)cc32)n1. The highest BCUT2D eigenvalue weighted by atomic mass is 16.3. The van der Waals surface area contributed by atoms with Crippen LogP contribution in [0.5, 0.6) is 0 Å². The van der Waals surface area contributed by atoms with Crippen LogP contribution in [0.2, 0.25) is 0 Å². The fraction of sp³-hybridized carbons (Fsp3) is 0.476. The largest absolute Gasteiger partial charge is 0.391 e. The lowest BCUT2D eigenvalue weighted by atomic mass is 10.0. The van der Waals surface area contributed by atoms with E-state index in [-0.39, 0.29) is 6.10 Å². The molecule has 0 spiro atoms. The molecule has 2 saturated heterocycles. The van der Waals surface area contributed by atoms with Crippen molar-refractivity contribution < 1.29 is 5.11 Å². The minimum absolute atomic E-state index is 0.244. The molecule has 0 radical (unpaired) electrons. The standard InChI is InChI=1S/C21H26N6O/c1-13-10-26(11-13)20-8-21(24-15(3)23-20)27-19-7-18(25-5-4-17(28)12-25)14(2)6-16(19)9-22-27/h6-9,13,17,28H,4-5,10-12H2,1-3H3/t17-/m1/s1. The quantitative estimate of drug-likeness (QED) is 0.755. The molecule has 0 amide bonds. The van der Waals surface area contributed by atoms with Crippen LogP contribution in [0.3, 0.4) is 0 Å². The lowest BCUT2D eigenvalue weighted by molar-refractivity contribution is 0.198. The molecule has 3 aromatic rings. The van der Waals surface area contributed by atoms with Gasteiger partial charge in [-0.25, -0.2) is 14.6 Å². The molecule has 1 N–H and O–H groups in total. The van der Waals surface area contributed by atoms with Gasteiger partial charge in [-0.05, 0) is 43.9 Å². The highest BCUT2D eigenvalue weighted by molar-refractivity contribution is 5.85. The van der Waals surface area contributed by atoms with Gasteiger partial charge in [-0.3, -0.25) is 0 Å². The van der Waals surface area contributed by atoms with Gasteiger partial charge >= 0.3 is 0 Å². The lowest BCUT2D eigenvalue weighted by Gasteiger charge is -2.38. The van der Waals surface area contributed by atoms with Crippen LogP contribution in [-0.2, 0) is 0 Å². The molecule has 28 heavy (non-hydrogen) atoms. The van der Waals surface area contributed by atoms with Crippen molar-refractivity contribution in [2.45, 2.75) is 33.3 Å². The summed E-state index contributed by atoms with van der Waals surface area (Å²) < 4.78 is 1.91. The number of aryl methyl sites for hydroxylation is 2. The van der Waals surface area contributed by atoms with Crippen LogP contribution in [0.15, 0.2) is 24.4 Å². The van der Waals surface area contributed by atoms with Gasteiger partial charge in [0.25, 0.3) is 0 Å². The Morgan fingerprint density at radius 2 is 1.79 bits per heavy atom. The van der Waals surface area contributed by atoms with E-state index in [0.29, 0.717) is 12.5 Å². The Kier molecular flexibility index (Phi) is 4.01. The topological polar surface area (TPSA) is 70.3 Å². The van der Waals surface area contributed by atoms with E-state index >= 15 is 0 Å². The highest BCUT2D eigenvalue weighted by Gasteiger charge is 2.25. The van der Waals surface area contributed by atoms with Crippen molar-refractivity contribution in [1.29, 1.82) is 0 Å². The number of hydrogen-bond acceptors (Lipinski definition) is 6. The summed E-state index contributed by atoms with van der Waals surface area (Å²) in [6.45, 7) is 9.95. The summed E-state index contributed by atoms with van der Waals surface area (Å²) in [5.41, 5.74) is 3.40. The zero-order valence-corrected chi connectivity index (χ0v) is 16.6. The molecule has 0 saturated carbocycles. The second kappa shape index (κ2) is 6.44. The molecule has 2 aliphatic heterocycles. The van der Waals surface area contributed by atoms with Crippen molar-refractivity contribution >= 4 is 22.4 Å². The maximum absolute atomic E-state index is 9.94. The van der Waals surface area contributed by atoms with E-state index in [1.807, 2.05) is 23.9 Å². The fourth-order valence-corrected chi connectivity index (χ4v) is 4.35. The summed E-state index contributed by atoms with van der Waals surface area (Å²) >= 11 is 0. The average Bonchev–Trinajstić information content (AvgIpc) is 3.23. The molecule has 4 heterocycles. The maximum Gasteiger partial charge on any atom is 0.159 e. The normalized spacial score (nSPS) is 20.2. The summed E-state index contributed by atoms with van der Waals surface area (Å²) in [4.78, 5) is 13.8. The molecule has 7 nitrogen and oxygen atoms in total. The molecule has 2 fully saturated rings. The highest BCUT2D eigenvalue weighted by Crippen LogP contribution is 2.31. The molecule has 0 aliphatic carbocycles.